The van der Waals surface area contributed by atoms with E-state index in [2.05, 4.69) is 15.2 Å². The lowest BCUT2D eigenvalue weighted by Gasteiger charge is -2.32. The van der Waals surface area contributed by atoms with Crippen molar-refractivity contribution in [3.05, 3.63) is 54.4 Å². The molecular formula is C19H25FN4O. The maximum atomic E-state index is 13.0. The lowest BCUT2D eigenvalue weighted by Crippen LogP contribution is -2.43. The summed E-state index contributed by atoms with van der Waals surface area (Å²) in [5.74, 6) is -0.0211. The van der Waals surface area contributed by atoms with Crippen molar-refractivity contribution in [2.45, 2.75) is 32.4 Å². The Morgan fingerprint density at radius 2 is 2.16 bits per heavy atom. The largest absolute Gasteiger partial charge is 0.356 e. The van der Waals surface area contributed by atoms with Gasteiger partial charge in [0.1, 0.15) is 5.82 Å². The fourth-order valence-electron chi connectivity index (χ4n) is 3.30. The maximum absolute atomic E-state index is 13.0. The number of hydrogen-bond donors (Lipinski definition) is 1. The number of imidazole rings is 1. The number of halogens is 1. The highest BCUT2D eigenvalue weighted by molar-refractivity contribution is 5.78. The van der Waals surface area contributed by atoms with E-state index in [-0.39, 0.29) is 17.6 Å². The molecule has 5 nitrogen and oxygen atoms in total. The molecule has 1 aromatic carbocycles. The van der Waals surface area contributed by atoms with E-state index in [0.717, 1.165) is 51.0 Å². The third-order valence-electron chi connectivity index (χ3n) is 4.65. The summed E-state index contributed by atoms with van der Waals surface area (Å²) in [5, 5.41) is 3.06. The van der Waals surface area contributed by atoms with Crippen LogP contribution in [0.2, 0.25) is 0 Å². The van der Waals surface area contributed by atoms with Crippen molar-refractivity contribution in [1.82, 2.24) is 19.8 Å². The molecule has 3 rings (SSSR count). The first-order valence-electron chi connectivity index (χ1n) is 8.91. The van der Waals surface area contributed by atoms with Gasteiger partial charge in [0.05, 0.1) is 12.2 Å². The molecule has 2 heterocycles. The average Bonchev–Trinajstić information content (AvgIpc) is 3.14. The van der Waals surface area contributed by atoms with Gasteiger partial charge in [-0.3, -0.25) is 9.69 Å². The lowest BCUT2D eigenvalue weighted by molar-refractivity contribution is -0.126. The van der Waals surface area contributed by atoms with E-state index in [9.17, 15) is 9.18 Å². The Morgan fingerprint density at radius 3 is 2.92 bits per heavy atom. The molecule has 25 heavy (non-hydrogen) atoms. The van der Waals surface area contributed by atoms with Crippen LogP contribution in [0.4, 0.5) is 4.39 Å². The summed E-state index contributed by atoms with van der Waals surface area (Å²) in [7, 11) is 0. The fourth-order valence-corrected chi connectivity index (χ4v) is 3.30. The summed E-state index contributed by atoms with van der Waals surface area (Å²) in [6.07, 6.45) is 8.33. The Labute approximate surface area is 147 Å². The number of carbonyl (C=O) groups is 1. The summed E-state index contributed by atoms with van der Waals surface area (Å²) in [6, 6.07) is 6.61. The zero-order valence-electron chi connectivity index (χ0n) is 14.4. The second-order valence-corrected chi connectivity index (χ2v) is 6.65. The van der Waals surface area contributed by atoms with E-state index in [1.165, 1.54) is 12.1 Å². The molecule has 2 aromatic rings. The van der Waals surface area contributed by atoms with Gasteiger partial charge < -0.3 is 9.88 Å². The Bertz CT molecular complexity index is 657. The number of carbonyl (C=O) groups excluding carboxylic acids is 1. The van der Waals surface area contributed by atoms with Crippen molar-refractivity contribution in [1.29, 1.82) is 0 Å². The van der Waals surface area contributed by atoms with E-state index < -0.39 is 0 Å². The Balaban J connectivity index is 1.40. The molecule has 0 saturated carbocycles. The molecule has 1 N–H and O–H groups in total. The number of aryl methyl sites for hydroxylation is 1. The van der Waals surface area contributed by atoms with Crippen molar-refractivity contribution in [3.63, 3.8) is 0 Å². The monoisotopic (exact) mass is 344 g/mol. The minimum absolute atomic E-state index is 0.0439. The Morgan fingerprint density at radius 1 is 1.32 bits per heavy atom. The highest BCUT2D eigenvalue weighted by Gasteiger charge is 2.25. The molecule has 1 saturated heterocycles. The van der Waals surface area contributed by atoms with Crippen LogP contribution in [0.1, 0.15) is 24.8 Å². The molecule has 0 bridgehead atoms. The van der Waals surface area contributed by atoms with Gasteiger partial charge in [-0.15, -0.1) is 0 Å². The van der Waals surface area contributed by atoms with E-state index in [1.807, 2.05) is 22.9 Å². The molecular weight excluding hydrogens is 319 g/mol. The van der Waals surface area contributed by atoms with Crippen molar-refractivity contribution < 1.29 is 9.18 Å². The molecule has 1 amide bonds. The van der Waals surface area contributed by atoms with Crippen LogP contribution in [0, 0.1) is 11.7 Å². The number of rotatable bonds is 7. The quantitative estimate of drug-likeness (QED) is 0.785. The Hall–Kier alpha value is -2.21. The maximum Gasteiger partial charge on any atom is 0.224 e. The van der Waals surface area contributed by atoms with Crippen molar-refractivity contribution in [2.24, 2.45) is 5.92 Å². The second kappa shape index (κ2) is 8.76. The van der Waals surface area contributed by atoms with Crippen LogP contribution in [0.3, 0.4) is 0 Å². The molecule has 6 heteroatoms. The van der Waals surface area contributed by atoms with Crippen molar-refractivity contribution in [2.75, 3.05) is 19.6 Å². The van der Waals surface area contributed by atoms with Gasteiger partial charge in [-0.1, -0.05) is 12.1 Å². The number of nitrogens with one attached hydrogen (secondary N) is 1. The molecule has 134 valence electrons. The number of piperidine rings is 1. The number of nitrogens with zero attached hydrogens (tertiary/aromatic N) is 3. The van der Waals surface area contributed by atoms with Crippen molar-refractivity contribution in [3.8, 4) is 0 Å². The van der Waals surface area contributed by atoms with Crippen LogP contribution in [0.5, 0.6) is 0 Å². The van der Waals surface area contributed by atoms with E-state index >= 15 is 0 Å². The standard InChI is InChI=1S/C19H25FN4O/c20-18-6-4-16(5-7-18)13-24-10-1-3-17(14-24)19(25)22-8-2-11-23-12-9-21-15-23/h4-7,9,12,15,17H,1-3,8,10-11,13-14H2,(H,22,25). The Kier molecular flexibility index (Phi) is 6.17. The van der Waals surface area contributed by atoms with Crippen LogP contribution in [-0.2, 0) is 17.9 Å². The fraction of sp³-hybridized carbons (Fsp3) is 0.474. The minimum Gasteiger partial charge on any atom is -0.356 e. The average molecular weight is 344 g/mol. The molecule has 1 unspecified atom stereocenters. The van der Waals surface area contributed by atoms with E-state index in [4.69, 9.17) is 0 Å². The summed E-state index contributed by atoms with van der Waals surface area (Å²) < 4.78 is 15.0. The molecule has 0 radical (unpaired) electrons. The zero-order valence-corrected chi connectivity index (χ0v) is 14.4. The van der Waals surface area contributed by atoms with E-state index in [1.54, 1.807) is 12.5 Å². The first kappa shape index (κ1) is 17.6. The van der Waals surface area contributed by atoms with Crippen LogP contribution in [0.25, 0.3) is 0 Å². The van der Waals surface area contributed by atoms with E-state index in [0.29, 0.717) is 6.54 Å². The predicted octanol–water partition coefficient (Wildman–Crippen LogP) is 2.44. The van der Waals surface area contributed by atoms with Gasteiger partial charge in [0.25, 0.3) is 0 Å². The van der Waals surface area contributed by atoms with Crippen LogP contribution in [-0.4, -0.2) is 40.0 Å². The number of amides is 1. The summed E-state index contributed by atoms with van der Waals surface area (Å²) in [6.45, 7) is 4.07. The number of hydrogen-bond acceptors (Lipinski definition) is 3. The third kappa shape index (κ3) is 5.39. The van der Waals surface area contributed by atoms with Crippen LogP contribution < -0.4 is 5.32 Å². The third-order valence-corrected chi connectivity index (χ3v) is 4.65. The highest BCUT2D eigenvalue weighted by Crippen LogP contribution is 2.19. The highest BCUT2D eigenvalue weighted by atomic mass is 19.1. The van der Waals surface area contributed by atoms with Gasteiger partial charge in [-0.2, -0.15) is 0 Å². The zero-order chi connectivity index (χ0) is 17.5. The molecule has 1 aromatic heterocycles. The van der Waals surface area contributed by atoms with Gasteiger partial charge >= 0.3 is 0 Å². The first-order chi connectivity index (χ1) is 12.2. The number of likely N-dealkylation sites (tertiary alicyclic amines) is 1. The lowest BCUT2D eigenvalue weighted by atomic mass is 9.96. The smallest absolute Gasteiger partial charge is 0.224 e. The molecule has 1 aliphatic rings. The second-order valence-electron chi connectivity index (χ2n) is 6.65. The van der Waals surface area contributed by atoms with Gasteiger partial charge in [-0.25, -0.2) is 9.37 Å². The molecule has 1 aliphatic heterocycles. The van der Waals surface area contributed by atoms with Gasteiger partial charge in [-0.05, 0) is 43.5 Å². The SMILES string of the molecule is O=C(NCCCn1ccnc1)C1CCCN(Cc2ccc(F)cc2)C1. The number of aromatic nitrogens is 2. The van der Waals surface area contributed by atoms with Crippen LogP contribution in [0.15, 0.2) is 43.0 Å². The predicted molar refractivity (Wildman–Crippen MR) is 94.3 cm³/mol. The molecule has 0 spiro atoms. The normalized spacial score (nSPS) is 18.2. The van der Waals surface area contributed by atoms with Gasteiger partial charge in [0.2, 0.25) is 5.91 Å². The summed E-state index contributed by atoms with van der Waals surface area (Å²) in [5.41, 5.74) is 1.09. The minimum atomic E-state index is -0.213. The molecule has 1 atom stereocenters. The topological polar surface area (TPSA) is 50.2 Å². The first-order valence-corrected chi connectivity index (χ1v) is 8.91. The van der Waals surface area contributed by atoms with Crippen molar-refractivity contribution >= 4 is 5.91 Å². The summed E-state index contributed by atoms with van der Waals surface area (Å²) >= 11 is 0. The number of benzene rings is 1. The molecule has 1 fully saturated rings. The van der Waals surface area contributed by atoms with Gasteiger partial charge in [0.15, 0.2) is 0 Å². The molecule has 0 aliphatic carbocycles. The van der Waals surface area contributed by atoms with Crippen LogP contribution >= 0.6 is 0 Å². The summed E-state index contributed by atoms with van der Waals surface area (Å²) in [4.78, 5) is 18.7. The van der Waals surface area contributed by atoms with Gasteiger partial charge in [0, 0.05) is 38.6 Å².